The Bertz CT molecular complexity index is 1240. The lowest BCUT2D eigenvalue weighted by molar-refractivity contribution is 0.0733. The summed E-state index contributed by atoms with van der Waals surface area (Å²) < 4.78 is 0. The van der Waals surface area contributed by atoms with E-state index >= 15 is 0 Å². The third kappa shape index (κ3) is 4.07. The van der Waals surface area contributed by atoms with E-state index < -0.39 is 0 Å². The number of H-pyrrole nitrogens is 1. The smallest absolute Gasteiger partial charge is 0.254 e. The SMILES string of the molecule is O=C(c1cccc(Nc2ncccn2)c1)N1CCC[C@@H]1c1[nH]ncc1-c1cccc(Cl)c1. The quantitative estimate of drug-likeness (QED) is 0.439. The van der Waals surface area contributed by atoms with Crippen molar-refractivity contribution in [1.29, 1.82) is 0 Å². The zero-order chi connectivity index (χ0) is 21.9. The minimum absolute atomic E-state index is 0.0169. The van der Waals surface area contributed by atoms with Crippen molar-refractivity contribution in [2.45, 2.75) is 18.9 Å². The summed E-state index contributed by atoms with van der Waals surface area (Å²) in [6.45, 7) is 0.691. The molecule has 0 bridgehead atoms. The number of aromatic amines is 1. The number of benzene rings is 2. The van der Waals surface area contributed by atoms with Crippen LogP contribution in [0.4, 0.5) is 11.6 Å². The van der Waals surface area contributed by atoms with Gasteiger partial charge in [-0.05, 0) is 54.8 Å². The van der Waals surface area contributed by atoms with Crippen molar-refractivity contribution < 1.29 is 4.79 Å². The van der Waals surface area contributed by atoms with Crippen LogP contribution < -0.4 is 5.32 Å². The Hall–Kier alpha value is -3.71. The number of carbonyl (C=O) groups is 1. The second-order valence-corrected chi connectivity index (χ2v) is 8.08. The molecule has 3 heterocycles. The number of likely N-dealkylation sites (tertiary alicyclic amines) is 1. The van der Waals surface area contributed by atoms with E-state index in [1.54, 1.807) is 24.7 Å². The third-order valence-corrected chi connectivity index (χ3v) is 5.82. The molecule has 1 aliphatic heterocycles. The largest absolute Gasteiger partial charge is 0.330 e. The molecule has 0 aliphatic carbocycles. The number of nitrogens with one attached hydrogen (secondary N) is 2. The van der Waals surface area contributed by atoms with Crippen LogP contribution in [0, 0.1) is 0 Å². The van der Waals surface area contributed by atoms with E-state index in [0.717, 1.165) is 35.3 Å². The van der Waals surface area contributed by atoms with E-state index in [9.17, 15) is 4.79 Å². The van der Waals surface area contributed by atoms with Gasteiger partial charge in [0.25, 0.3) is 5.91 Å². The fourth-order valence-corrected chi connectivity index (χ4v) is 4.32. The van der Waals surface area contributed by atoms with Gasteiger partial charge >= 0.3 is 0 Å². The zero-order valence-electron chi connectivity index (χ0n) is 17.2. The monoisotopic (exact) mass is 444 g/mol. The highest BCUT2D eigenvalue weighted by molar-refractivity contribution is 6.30. The maximum absolute atomic E-state index is 13.5. The first-order valence-electron chi connectivity index (χ1n) is 10.4. The Balaban J connectivity index is 1.41. The lowest BCUT2D eigenvalue weighted by Gasteiger charge is -2.25. The summed E-state index contributed by atoms with van der Waals surface area (Å²) in [4.78, 5) is 23.7. The van der Waals surface area contributed by atoms with Gasteiger partial charge in [0.05, 0.1) is 17.9 Å². The summed E-state index contributed by atoms with van der Waals surface area (Å²) >= 11 is 6.20. The molecule has 1 fully saturated rings. The molecule has 7 nitrogen and oxygen atoms in total. The van der Waals surface area contributed by atoms with Crippen molar-refractivity contribution in [3.05, 3.63) is 89.5 Å². The number of anilines is 2. The number of carbonyl (C=O) groups excluding carboxylic acids is 1. The molecule has 1 saturated heterocycles. The minimum Gasteiger partial charge on any atom is -0.330 e. The van der Waals surface area contributed by atoms with Crippen LogP contribution in [0.15, 0.2) is 73.2 Å². The Morgan fingerprint density at radius 1 is 1.09 bits per heavy atom. The second kappa shape index (κ2) is 8.80. The first kappa shape index (κ1) is 20.2. The Morgan fingerprint density at radius 3 is 2.78 bits per heavy atom. The van der Waals surface area contributed by atoms with Gasteiger partial charge in [-0.2, -0.15) is 5.10 Å². The van der Waals surface area contributed by atoms with E-state index in [0.29, 0.717) is 23.1 Å². The Kier molecular flexibility index (Phi) is 5.56. The fraction of sp³-hybridized carbons (Fsp3) is 0.167. The van der Waals surface area contributed by atoms with Crippen LogP contribution in [0.2, 0.25) is 5.02 Å². The lowest BCUT2D eigenvalue weighted by atomic mass is 10.0. The average molecular weight is 445 g/mol. The van der Waals surface area contributed by atoms with Gasteiger partial charge in [0.2, 0.25) is 5.95 Å². The molecule has 5 rings (SSSR count). The van der Waals surface area contributed by atoms with Gasteiger partial charge in [0.1, 0.15) is 0 Å². The number of hydrogen-bond donors (Lipinski definition) is 2. The Morgan fingerprint density at radius 2 is 1.94 bits per heavy atom. The van der Waals surface area contributed by atoms with Crippen LogP contribution >= 0.6 is 11.6 Å². The second-order valence-electron chi connectivity index (χ2n) is 7.64. The molecule has 2 aromatic carbocycles. The highest BCUT2D eigenvalue weighted by Gasteiger charge is 2.33. The highest BCUT2D eigenvalue weighted by Crippen LogP contribution is 2.37. The molecule has 0 spiro atoms. The summed E-state index contributed by atoms with van der Waals surface area (Å²) in [5, 5.41) is 11.2. The number of aromatic nitrogens is 4. The van der Waals surface area contributed by atoms with Gasteiger partial charge in [-0.3, -0.25) is 9.89 Å². The standard InChI is InChI=1S/C24H21ClN6O/c25-18-7-1-5-16(13-18)20-15-28-30-22(20)21-9-3-12-31(21)23(32)17-6-2-8-19(14-17)29-24-26-10-4-11-27-24/h1-2,4-8,10-11,13-15,21H,3,9,12H2,(H,28,30)(H,26,27,29)/t21-/m1/s1. The van der Waals surface area contributed by atoms with Crippen LogP contribution in [0.5, 0.6) is 0 Å². The Labute approximate surface area is 190 Å². The van der Waals surface area contributed by atoms with Crippen molar-refractivity contribution in [3.63, 3.8) is 0 Å². The van der Waals surface area contributed by atoms with Crippen molar-refractivity contribution in [3.8, 4) is 11.1 Å². The summed E-state index contributed by atoms with van der Waals surface area (Å²) in [6.07, 6.45) is 6.94. The first-order chi connectivity index (χ1) is 15.7. The maximum atomic E-state index is 13.5. The molecule has 32 heavy (non-hydrogen) atoms. The molecule has 1 aliphatic rings. The van der Waals surface area contributed by atoms with Crippen LogP contribution in [-0.2, 0) is 0 Å². The normalized spacial score (nSPS) is 15.7. The highest BCUT2D eigenvalue weighted by atomic mass is 35.5. The molecule has 160 valence electrons. The third-order valence-electron chi connectivity index (χ3n) is 5.58. The van der Waals surface area contributed by atoms with Gasteiger partial charge in [-0.25, -0.2) is 9.97 Å². The van der Waals surface area contributed by atoms with Gasteiger partial charge in [-0.1, -0.05) is 29.8 Å². The van der Waals surface area contributed by atoms with Crippen molar-refractivity contribution >= 4 is 29.1 Å². The summed E-state index contributed by atoms with van der Waals surface area (Å²) in [7, 11) is 0. The van der Waals surface area contributed by atoms with Crippen molar-refractivity contribution in [1.82, 2.24) is 25.1 Å². The predicted molar refractivity (Wildman–Crippen MR) is 124 cm³/mol. The van der Waals surface area contributed by atoms with Crippen molar-refractivity contribution in [2.24, 2.45) is 0 Å². The van der Waals surface area contributed by atoms with E-state index in [1.807, 2.05) is 53.4 Å². The van der Waals surface area contributed by atoms with Crippen LogP contribution in [-0.4, -0.2) is 37.5 Å². The van der Waals surface area contributed by atoms with Gasteiger partial charge in [-0.15, -0.1) is 0 Å². The lowest BCUT2D eigenvalue weighted by Crippen LogP contribution is -2.31. The number of amides is 1. The van der Waals surface area contributed by atoms with Gasteiger partial charge in [0, 0.05) is 40.8 Å². The molecular formula is C24H21ClN6O. The number of nitrogens with zero attached hydrogens (tertiary/aromatic N) is 4. The molecule has 1 amide bonds. The number of hydrogen-bond acceptors (Lipinski definition) is 5. The van der Waals surface area contributed by atoms with E-state index in [-0.39, 0.29) is 11.9 Å². The zero-order valence-corrected chi connectivity index (χ0v) is 18.0. The molecule has 8 heteroatoms. The summed E-state index contributed by atoms with van der Waals surface area (Å²) in [5.41, 5.74) is 4.26. The van der Waals surface area contributed by atoms with E-state index in [4.69, 9.17) is 11.6 Å². The number of rotatable bonds is 5. The molecule has 0 unspecified atom stereocenters. The topological polar surface area (TPSA) is 86.8 Å². The minimum atomic E-state index is -0.0759. The summed E-state index contributed by atoms with van der Waals surface area (Å²) in [5.74, 6) is 0.469. The van der Waals surface area contributed by atoms with E-state index in [2.05, 4.69) is 25.5 Å². The van der Waals surface area contributed by atoms with Gasteiger partial charge in [0.15, 0.2) is 0 Å². The molecule has 0 saturated carbocycles. The molecule has 1 atom stereocenters. The predicted octanol–water partition coefficient (Wildman–Crippen LogP) is 5.24. The molecular weight excluding hydrogens is 424 g/mol. The van der Waals surface area contributed by atoms with E-state index in [1.165, 1.54) is 0 Å². The van der Waals surface area contributed by atoms with Crippen LogP contribution in [0.1, 0.15) is 34.9 Å². The van der Waals surface area contributed by atoms with Crippen LogP contribution in [0.3, 0.4) is 0 Å². The van der Waals surface area contributed by atoms with Gasteiger partial charge < -0.3 is 10.2 Å². The molecule has 2 aromatic heterocycles. The molecule has 4 aromatic rings. The first-order valence-corrected chi connectivity index (χ1v) is 10.8. The molecule has 2 N–H and O–H groups in total. The summed E-state index contributed by atoms with van der Waals surface area (Å²) in [6, 6.07) is 16.8. The van der Waals surface area contributed by atoms with Crippen molar-refractivity contribution in [2.75, 3.05) is 11.9 Å². The van der Waals surface area contributed by atoms with Crippen LogP contribution in [0.25, 0.3) is 11.1 Å². The average Bonchev–Trinajstić information content (AvgIpc) is 3.49. The molecule has 0 radical (unpaired) electrons. The maximum Gasteiger partial charge on any atom is 0.254 e. The number of halogens is 1. The fourth-order valence-electron chi connectivity index (χ4n) is 4.13.